The Morgan fingerprint density at radius 1 is 1.55 bits per heavy atom. The zero-order valence-corrected chi connectivity index (χ0v) is 12.2. The minimum Gasteiger partial charge on any atom is -0.397 e. The number of nitrogen functional groups attached to an aromatic ring is 1. The number of anilines is 2. The van der Waals surface area contributed by atoms with Crippen molar-refractivity contribution in [3.05, 3.63) is 23.8 Å². The molecule has 0 saturated carbocycles. The molecule has 1 atom stereocenters. The maximum Gasteiger partial charge on any atom is 0.238 e. The highest BCUT2D eigenvalue weighted by molar-refractivity contribution is 5.95. The van der Waals surface area contributed by atoms with E-state index in [2.05, 4.69) is 5.32 Å². The van der Waals surface area contributed by atoms with Crippen LogP contribution in [0.3, 0.4) is 0 Å². The van der Waals surface area contributed by atoms with Crippen molar-refractivity contribution in [1.29, 1.82) is 0 Å². The van der Waals surface area contributed by atoms with Gasteiger partial charge in [0, 0.05) is 13.7 Å². The SMILES string of the molecule is COCC(O)CN(C)CC(=O)Nc1ccc(C)cc1N. The highest BCUT2D eigenvalue weighted by atomic mass is 16.5. The highest BCUT2D eigenvalue weighted by Crippen LogP contribution is 2.19. The topological polar surface area (TPSA) is 87.8 Å². The van der Waals surface area contributed by atoms with Crippen molar-refractivity contribution in [2.45, 2.75) is 13.0 Å². The van der Waals surface area contributed by atoms with Crippen LogP contribution in [0.1, 0.15) is 5.56 Å². The summed E-state index contributed by atoms with van der Waals surface area (Å²) in [6.07, 6.45) is -0.609. The number of aryl methyl sites for hydroxylation is 1. The molecule has 6 heteroatoms. The summed E-state index contributed by atoms with van der Waals surface area (Å²) in [7, 11) is 3.28. The van der Waals surface area contributed by atoms with E-state index in [4.69, 9.17) is 10.5 Å². The van der Waals surface area contributed by atoms with Crippen molar-refractivity contribution in [2.75, 3.05) is 44.9 Å². The van der Waals surface area contributed by atoms with Crippen molar-refractivity contribution in [3.63, 3.8) is 0 Å². The summed E-state index contributed by atoms with van der Waals surface area (Å²) in [5.41, 5.74) is 8.02. The maximum atomic E-state index is 11.9. The molecule has 0 fully saturated rings. The van der Waals surface area contributed by atoms with Gasteiger partial charge in [0.1, 0.15) is 0 Å². The van der Waals surface area contributed by atoms with Gasteiger partial charge in [-0.2, -0.15) is 0 Å². The zero-order valence-electron chi connectivity index (χ0n) is 12.2. The molecule has 0 spiro atoms. The van der Waals surface area contributed by atoms with Gasteiger partial charge >= 0.3 is 0 Å². The van der Waals surface area contributed by atoms with Crippen LogP contribution in [0.25, 0.3) is 0 Å². The molecule has 112 valence electrons. The van der Waals surface area contributed by atoms with Gasteiger partial charge in [0.25, 0.3) is 0 Å². The number of ether oxygens (including phenoxy) is 1. The summed E-state index contributed by atoms with van der Waals surface area (Å²) in [6, 6.07) is 5.47. The molecule has 0 bridgehead atoms. The lowest BCUT2D eigenvalue weighted by atomic mass is 10.2. The van der Waals surface area contributed by atoms with Gasteiger partial charge < -0.3 is 20.9 Å². The largest absolute Gasteiger partial charge is 0.397 e. The lowest BCUT2D eigenvalue weighted by molar-refractivity contribution is -0.117. The number of aliphatic hydroxyl groups is 1. The number of hydrogen-bond acceptors (Lipinski definition) is 5. The molecule has 0 radical (unpaired) electrons. The first kappa shape index (κ1) is 16.4. The van der Waals surface area contributed by atoms with Crippen molar-refractivity contribution >= 4 is 17.3 Å². The molecule has 0 saturated heterocycles. The number of benzene rings is 1. The summed E-state index contributed by atoms with van der Waals surface area (Å²) < 4.78 is 4.84. The molecule has 1 rings (SSSR count). The van der Waals surface area contributed by atoms with Gasteiger partial charge in [0.2, 0.25) is 5.91 Å². The highest BCUT2D eigenvalue weighted by Gasteiger charge is 2.12. The van der Waals surface area contributed by atoms with Crippen LogP contribution in [0.2, 0.25) is 0 Å². The van der Waals surface area contributed by atoms with E-state index in [9.17, 15) is 9.90 Å². The number of methoxy groups -OCH3 is 1. The van der Waals surface area contributed by atoms with Crippen LogP contribution in [0, 0.1) is 6.92 Å². The van der Waals surface area contributed by atoms with E-state index in [1.165, 1.54) is 7.11 Å². The fourth-order valence-electron chi connectivity index (χ4n) is 1.90. The van der Waals surface area contributed by atoms with Crippen LogP contribution in [0.5, 0.6) is 0 Å². The van der Waals surface area contributed by atoms with Gasteiger partial charge in [-0.05, 0) is 31.7 Å². The number of nitrogens with zero attached hydrogens (tertiary/aromatic N) is 1. The fraction of sp³-hybridized carbons (Fsp3) is 0.500. The summed E-state index contributed by atoms with van der Waals surface area (Å²) in [6.45, 7) is 2.72. The Labute approximate surface area is 119 Å². The van der Waals surface area contributed by atoms with Crippen molar-refractivity contribution in [2.24, 2.45) is 0 Å². The number of likely N-dealkylation sites (N-methyl/N-ethyl adjacent to an activating group) is 1. The van der Waals surface area contributed by atoms with E-state index >= 15 is 0 Å². The lowest BCUT2D eigenvalue weighted by Gasteiger charge is -2.19. The fourth-order valence-corrected chi connectivity index (χ4v) is 1.90. The number of carbonyl (C=O) groups excluding carboxylic acids is 1. The smallest absolute Gasteiger partial charge is 0.238 e. The number of carbonyl (C=O) groups is 1. The first-order valence-corrected chi connectivity index (χ1v) is 6.44. The maximum absolute atomic E-state index is 11.9. The third-order valence-corrected chi connectivity index (χ3v) is 2.78. The second kappa shape index (κ2) is 7.84. The molecule has 6 nitrogen and oxygen atoms in total. The average Bonchev–Trinajstić information content (AvgIpc) is 2.32. The monoisotopic (exact) mass is 281 g/mol. The van der Waals surface area contributed by atoms with Crippen LogP contribution < -0.4 is 11.1 Å². The molecule has 1 aromatic rings. The molecule has 20 heavy (non-hydrogen) atoms. The second-order valence-corrected chi connectivity index (χ2v) is 4.94. The van der Waals surface area contributed by atoms with Crippen LogP contribution in [0.15, 0.2) is 18.2 Å². The third kappa shape index (κ3) is 5.56. The summed E-state index contributed by atoms with van der Waals surface area (Å²) >= 11 is 0. The van der Waals surface area contributed by atoms with Crippen molar-refractivity contribution in [3.8, 4) is 0 Å². The Kier molecular flexibility index (Phi) is 6.44. The second-order valence-electron chi connectivity index (χ2n) is 4.94. The average molecular weight is 281 g/mol. The Morgan fingerprint density at radius 2 is 2.25 bits per heavy atom. The quantitative estimate of drug-likeness (QED) is 0.632. The van der Waals surface area contributed by atoms with Crippen LogP contribution in [-0.2, 0) is 9.53 Å². The molecule has 0 aliphatic heterocycles. The molecule has 0 aromatic heterocycles. The van der Waals surface area contributed by atoms with Gasteiger partial charge in [0.05, 0.1) is 30.6 Å². The predicted molar refractivity (Wildman–Crippen MR) is 79.6 cm³/mol. The van der Waals surface area contributed by atoms with Gasteiger partial charge in [0.15, 0.2) is 0 Å². The van der Waals surface area contributed by atoms with Gasteiger partial charge in [-0.25, -0.2) is 0 Å². The normalized spacial score (nSPS) is 12.4. The van der Waals surface area contributed by atoms with E-state index in [1.807, 2.05) is 19.1 Å². The number of nitrogens with two attached hydrogens (primary N) is 1. The minimum atomic E-state index is -0.609. The number of hydrogen-bond donors (Lipinski definition) is 3. The Morgan fingerprint density at radius 3 is 2.85 bits per heavy atom. The van der Waals surface area contributed by atoms with Crippen LogP contribution in [-0.4, -0.2) is 55.9 Å². The molecule has 4 N–H and O–H groups in total. The standard InChI is InChI=1S/C14H23N3O3/c1-10-4-5-13(12(15)6-10)16-14(19)8-17(2)7-11(18)9-20-3/h4-6,11,18H,7-9,15H2,1-3H3,(H,16,19). The number of aliphatic hydroxyl groups excluding tert-OH is 1. The summed E-state index contributed by atoms with van der Waals surface area (Å²) in [5.74, 6) is -0.173. The third-order valence-electron chi connectivity index (χ3n) is 2.78. The van der Waals surface area contributed by atoms with E-state index in [1.54, 1.807) is 18.0 Å². The number of nitrogens with one attached hydrogen (secondary N) is 1. The van der Waals surface area contributed by atoms with Crippen LogP contribution >= 0.6 is 0 Å². The summed E-state index contributed by atoms with van der Waals surface area (Å²) in [5, 5.41) is 12.3. The van der Waals surface area contributed by atoms with Crippen LogP contribution in [0.4, 0.5) is 11.4 Å². The molecule has 0 heterocycles. The Hall–Kier alpha value is -1.63. The molecule has 0 aliphatic carbocycles. The summed E-state index contributed by atoms with van der Waals surface area (Å²) in [4.78, 5) is 13.6. The molecule has 0 aliphatic rings. The molecule has 1 amide bonds. The van der Waals surface area contributed by atoms with Gasteiger partial charge in [-0.3, -0.25) is 9.69 Å². The van der Waals surface area contributed by atoms with E-state index in [0.717, 1.165) is 5.56 Å². The van der Waals surface area contributed by atoms with Gasteiger partial charge in [-0.15, -0.1) is 0 Å². The van der Waals surface area contributed by atoms with E-state index < -0.39 is 6.10 Å². The first-order chi connectivity index (χ1) is 9.42. The molecular formula is C14H23N3O3. The Bertz CT molecular complexity index is 451. The number of rotatable bonds is 7. The molecule has 1 unspecified atom stereocenters. The van der Waals surface area contributed by atoms with E-state index in [-0.39, 0.29) is 19.1 Å². The minimum absolute atomic E-state index is 0.173. The van der Waals surface area contributed by atoms with E-state index in [0.29, 0.717) is 17.9 Å². The van der Waals surface area contributed by atoms with Crippen molar-refractivity contribution in [1.82, 2.24) is 4.90 Å². The lowest BCUT2D eigenvalue weighted by Crippen LogP contribution is -2.37. The van der Waals surface area contributed by atoms with Crippen molar-refractivity contribution < 1.29 is 14.6 Å². The predicted octanol–water partition coefficient (Wildman–Crippen LogP) is 0.455. The molecule has 1 aromatic carbocycles. The number of amides is 1. The zero-order chi connectivity index (χ0) is 15.1. The van der Waals surface area contributed by atoms with Gasteiger partial charge in [-0.1, -0.05) is 6.07 Å². The molecular weight excluding hydrogens is 258 g/mol. The first-order valence-electron chi connectivity index (χ1n) is 6.44. The Balaban J connectivity index is 2.46.